The van der Waals surface area contributed by atoms with E-state index in [-0.39, 0.29) is 35.6 Å². The van der Waals surface area contributed by atoms with Crippen molar-refractivity contribution in [1.29, 1.82) is 0 Å². The SMILES string of the molecule is Cc1ccc(F)cc1C(=O)N1C[C@H]2C[C@@H](C1)[C@H](CN(C)C)N1C(=O)CCC[C@@H]21. The van der Waals surface area contributed by atoms with E-state index in [4.69, 9.17) is 0 Å². The van der Waals surface area contributed by atoms with Gasteiger partial charge in [0.25, 0.3) is 5.91 Å². The van der Waals surface area contributed by atoms with Crippen LogP contribution in [0.15, 0.2) is 18.2 Å². The normalized spacial score (nSPS) is 29.8. The Hall–Kier alpha value is -1.95. The van der Waals surface area contributed by atoms with Crippen molar-refractivity contribution >= 4 is 11.8 Å². The summed E-state index contributed by atoms with van der Waals surface area (Å²) < 4.78 is 13.8. The maximum absolute atomic E-state index is 13.8. The molecule has 0 aromatic heterocycles. The van der Waals surface area contributed by atoms with Crippen molar-refractivity contribution in [3.8, 4) is 0 Å². The van der Waals surface area contributed by atoms with Gasteiger partial charge in [-0.1, -0.05) is 6.07 Å². The van der Waals surface area contributed by atoms with Gasteiger partial charge >= 0.3 is 0 Å². The third kappa shape index (κ3) is 3.43. The van der Waals surface area contributed by atoms with Crippen molar-refractivity contribution in [1.82, 2.24) is 14.7 Å². The number of hydrogen-bond donors (Lipinski definition) is 0. The Balaban J connectivity index is 1.62. The van der Waals surface area contributed by atoms with Gasteiger partial charge in [-0.15, -0.1) is 0 Å². The van der Waals surface area contributed by atoms with E-state index in [1.807, 2.05) is 25.9 Å². The molecular formula is C22H30FN3O2. The highest BCUT2D eigenvalue weighted by Gasteiger charge is 2.50. The highest BCUT2D eigenvalue weighted by atomic mass is 19.1. The number of nitrogens with zero attached hydrogens (tertiary/aromatic N) is 3. The van der Waals surface area contributed by atoms with Crippen LogP contribution in [0.4, 0.5) is 4.39 Å². The lowest BCUT2D eigenvalue weighted by Gasteiger charge is -2.57. The van der Waals surface area contributed by atoms with Crippen molar-refractivity contribution in [3.63, 3.8) is 0 Å². The van der Waals surface area contributed by atoms with E-state index < -0.39 is 0 Å². The van der Waals surface area contributed by atoms with Crippen LogP contribution in [0.5, 0.6) is 0 Å². The summed E-state index contributed by atoms with van der Waals surface area (Å²) >= 11 is 0. The van der Waals surface area contributed by atoms with Gasteiger partial charge in [-0.25, -0.2) is 4.39 Å². The van der Waals surface area contributed by atoms with Gasteiger partial charge in [0.2, 0.25) is 5.91 Å². The number of likely N-dealkylation sites (tertiary alicyclic amines) is 1. The van der Waals surface area contributed by atoms with Gasteiger partial charge in [0.05, 0.1) is 0 Å². The third-order valence-corrected chi connectivity index (χ3v) is 6.77. The highest BCUT2D eigenvalue weighted by Crippen LogP contribution is 2.42. The smallest absolute Gasteiger partial charge is 0.254 e. The molecule has 0 radical (unpaired) electrons. The van der Waals surface area contributed by atoms with E-state index in [2.05, 4.69) is 9.80 Å². The van der Waals surface area contributed by atoms with Crippen molar-refractivity contribution < 1.29 is 14.0 Å². The molecule has 0 aliphatic carbocycles. The lowest BCUT2D eigenvalue weighted by Crippen LogP contribution is -2.67. The number of benzene rings is 1. The van der Waals surface area contributed by atoms with Crippen LogP contribution in [-0.4, -0.2) is 72.3 Å². The lowest BCUT2D eigenvalue weighted by molar-refractivity contribution is -0.152. The molecule has 152 valence electrons. The van der Waals surface area contributed by atoms with Gasteiger partial charge in [0, 0.05) is 43.7 Å². The van der Waals surface area contributed by atoms with Gasteiger partial charge in [-0.2, -0.15) is 0 Å². The number of amides is 2. The molecule has 0 spiro atoms. The summed E-state index contributed by atoms with van der Waals surface area (Å²) in [5, 5.41) is 0. The van der Waals surface area contributed by atoms with Crippen molar-refractivity contribution in [3.05, 3.63) is 35.1 Å². The van der Waals surface area contributed by atoms with Crippen LogP contribution in [0, 0.1) is 24.6 Å². The molecule has 1 aromatic rings. The molecule has 4 atom stereocenters. The topological polar surface area (TPSA) is 43.9 Å². The molecule has 1 aromatic carbocycles. The zero-order valence-electron chi connectivity index (χ0n) is 17.0. The van der Waals surface area contributed by atoms with Gasteiger partial charge in [-0.05, 0) is 69.8 Å². The second kappa shape index (κ2) is 7.47. The maximum atomic E-state index is 13.8. The average Bonchev–Trinajstić information content (AvgIpc) is 2.66. The first kappa shape index (κ1) is 19.4. The molecule has 4 rings (SSSR count). The molecule has 3 heterocycles. The number of aryl methyl sites for hydroxylation is 1. The molecule has 2 amide bonds. The number of piperidine rings is 3. The third-order valence-electron chi connectivity index (χ3n) is 6.77. The van der Waals surface area contributed by atoms with Crippen LogP contribution in [0.1, 0.15) is 41.6 Å². The summed E-state index contributed by atoms with van der Waals surface area (Å²) in [6, 6.07) is 4.80. The molecule has 0 saturated carbocycles. The average molecular weight is 387 g/mol. The Bertz CT molecular complexity index is 781. The van der Waals surface area contributed by atoms with Crippen LogP contribution in [-0.2, 0) is 4.79 Å². The summed E-state index contributed by atoms with van der Waals surface area (Å²) in [4.78, 5) is 32.2. The second-order valence-corrected chi connectivity index (χ2v) is 9.02. The molecule has 3 aliphatic rings. The minimum atomic E-state index is -0.374. The van der Waals surface area contributed by atoms with Gasteiger partial charge < -0.3 is 14.7 Å². The number of hydrogen-bond acceptors (Lipinski definition) is 3. The molecule has 3 aliphatic heterocycles. The van der Waals surface area contributed by atoms with E-state index in [9.17, 15) is 14.0 Å². The molecule has 0 N–H and O–H groups in total. The van der Waals surface area contributed by atoms with Crippen molar-refractivity contribution in [2.45, 2.75) is 44.7 Å². The molecule has 3 saturated heterocycles. The fourth-order valence-electron chi connectivity index (χ4n) is 5.54. The van der Waals surface area contributed by atoms with E-state index in [1.54, 1.807) is 6.07 Å². The van der Waals surface area contributed by atoms with E-state index in [0.717, 1.165) is 31.4 Å². The van der Waals surface area contributed by atoms with E-state index in [0.29, 0.717) is 31.0 Å². The first-order valence-electron chi connectivity index (χ1n) is 10.4. The lowest BCUT2D eigenvalue weighted by atomic mass is 9.71. The fourth-order valence-corrected chi connectivity index (χ4v) is 5.54. The van der Waals surface area contributed by atoms with Gasteiger partial charge in [0.1, 0.15) is 5.82 Å². The summed E-state index contributed by atoms with van der Waals surface area (Å²) in [6.07, 6.45) is 3.67. The monoisotopic (exact) mass is 387 g/mol. The quantitative estimate of drug-likeness (QED) is 0.801. The van der Waals surface area contributed by atoms with Crippen LogP contribution in [0.2, 0.25) is 0 Å². The molecular weight excluding hydrogens is 357 g/mol. The Morgan fingerprint density at radius 2 is 2.00 bits per heavy atom. The molecule has 2 bridgehead atoms. The number of likely N-dealkylation sites (N-methyl/N-ethyl adjacent to an activating group) is 1. The molecule has 5 nitrogen and oxygen atoms in total. The number of halogens is 1. The molecule has 28 heavy (non-hydrogen) atoms. The van der Waals surface area contributed by atoms with Crippen LogP contribution in [0.3, 0.4) is 0 Å². The summed E-state index contributed by atoms with van der Waals surface area (Å²) in [5.41, 5.74) is 1.27. The second-order valence-electron chi connectivity index (χ2n) is 9.02. The predicted octanol–water partition coefficient (Wildman–Crippen LogP) is 2.54. The summed E-state index contributed by atoms with van der Waals surface area (Å²) in [5.74, 6) is 0.418. The Kier molecular flexibility index (Phi) is 5.17. The number of carbonyl (C=O) groups excluding carboxylic acids is 2. The van der Waals surface area contributed by atoms with Crippen LogP contribution >= 0.6 is 0 Å². The number of rotatable bonds is 3. The van der Waals surface area contributed by atoms with E-state index in [1.165, 1.54) is 12.1 Å². The van der Waals surface area contributed by atoms with Crippen LogP contribution in [0.25, 0.3) is 0 Å². The Labute approximate surface area is 166 Å². The van der Waals surface area contributed by atoms with Gasteiger partial charge in [0.15, 0.2) is 0 Å². The van der Waals surface area contributed by atoms with Gasteiger partial charge in [-0.3, -0.25) is 9.59 Å². The zero-order valence-corrected chi connectivity index (χ0v) is 17.0. The zero-order chi connectivity index (χ0) is 20.0. The Morgan fingerprint density at radius 3 is 2.75 bits per heavy atom. The van der Waals surface area contributed by atoms with Crippen LogP contribution < -0.4 is 0 Å². The summed E-state index contributed by atoms with van der Waals surface area (Å²) in [6.45, 7) is 3.98. The standard InChI is InChI=1S/C22H30FN3O2/c1-14-7-8-17(23)10-18(14)22(28)25-11-15-9-16(12-25)20(13-24(2)3)26-19(15)5-4-6-21(26)27/h7-8,10,15-16,19-20H,4-6,9,11-13H2,1-3H3/t15-,16+,19+,20+/m1/s1. The predicted molar refractivity (Wildman–Crippen MR) is 105 cm³/mol. The first-order valence-corrected chi connectivity index (χ1v) is 10.4. The summed E-state index contributed by atoms with van der Waals surface area (Å²) in [7, 11) is 4.08. The Morgan fingerprint density at radius 1 is 1.25 bits per heavy atom. The molecule has 0 unspecified atom stereocenters. The molecule has 6 heteroatoms. The first-order chi connectivity index (χ1) is 13.3. The van der Waals surface area contributed by atoms with Crippen molar-refractivity contribution in [2.24, 2.45) is 11.8 Å². The maximum Gasteiger partial charge on any atom is 0.254 e. The molecule has 3 fully saturated rings. The number of carbonyl (C=O) groups is 2. The number of fused-ring (bicyclic) bond motifs is 4. The highest BCUT2D eigenvalue weighted by molar-refractivity contribution is 5.95. The minimum Gasteiger partial charge on any atom is -0.338 e. The fraction of sp³-hybridized carbons (Fsp3) is 0.636. The minimum absolute atomic E-state index is 0.0779. The van der Waals surface area contributed by atoms with Crippen molar-refractivity contribution in [2.75, 3.05) is 33.7 Å². The largest absolute Gasteiger partial charge is 0.338 e. The van der Waals surface area contributed by atoms with E-state index >= 15 is 0 Å².